The maximum Gasteiger partial charge on any atom is 0.311 e. The van der Waals surface area contributed by atoms with Gasteiger partial charge < -0.3 is 24.1 Å². The molecule has 2 unspecified atom stereocenters. The van der Waals surface area contributed by atoms with Crippen LogP contribution < -0.4 is 0 Å². The van der Waals surface area contributed by atoms with E-state index in [1.54, 1.807) is 27.7 Å². The summed E-state index contributed by atoms with van der Waals surface area (Å²) in [6, 6.07) is 0. The van der Waals surface area contributed by atoms with Gasteiger partial charge in [0.2, 0.25) is 0 Å². The van der Waals surface area contributed by atoms with E-state index >= 15 is 0 Å². The van der Waals surface area contributed by atoms with Crippen molar-refractivity contribution in [3.63, 3.8) is 0 Å². The van der Waals surface area contributed by atoms with Crippen LogP contribution in [0.25, 0.3) is 0 Å². The van der Waals surface area contributed by atoms with E-state index in [1.807, 2.05) is 6.92 Å². The van der Waals surface area contributed by atoms with Crippen LogP contribution in [0.5, 0.6) is 0 Å². The van der Waals surface area contributed by atoms with Crippen LogP contribution >= 0.6 is 0 Å². The lowest BCUT2D eigenvalue weighted by Gasteiger charge is -2.39. The standard InChI is InChI=1S/C20H36O8/c1-8-19(4,16(23)26-7)14-20(5,17(24)27-10-9-21)13-18(2,3)15(22)28-12-11-25-6/h21H,8-14H2,1-7H3. The molecule has 0 aromatic heterocycles. The highest BCUT2D eigenvalue weighted by Crippen LogP contribution is 2.45. The van der Waals surface area contributed by atoms with E-state index in [-0.39, 0.29) is 39.3 Å². The third-order valence-corrected chi connectivity index (χ3v) is 4.96. The Morgan fingerprint density at radius 1 is 0.786 bits per heavy atom. The SMILES string of the molecule is CCC(C)(CC(C)(CC(C)(C)C(=O)OCCOC)C(=O)OCCO)C(=O)OC. The maximum atomic E-state index is 12.8. The molecule has 164 valence electrons. The Hall–Kier alpha value is -1.67. The molecule has 0 spiro atoms. The molecule has 8 heteroatoms. The second-order valence-electron chi connectivity index (χ2n) is 8.19. The lowest BCUT2D eigenvalue weighted by atomic mass is 9.65. The number of hydrogen-bond donors (Lipinski definition) is 1. The zero-order valence-electron chi connectivity index (χ0n) is 18.3. The van der Waals surface area contributed by atoms with Gasteiger partial charge in [-0.1, -0.05) is 6.92 Å². The second kappa shape index (κ2) is 11.4. The molecular weight excluding hydrogens is 368 g/mol. The summed E-state index contributed by atoms with van der Waals surface area (Å²) in [4.78, 5) is 37.7. The van der Waals surface area contributed by atoms with Crippen molar-refractivity contribution in [3.8, 4) is 0 Å². The summed E-state index contributed by atoms with van der Waals surface area (Å²) < 4.78 is 20.2. The fourth-order valence-electron chi connectivity index (χ4n) is 3.43. The molecular formula is C20H36O8. The smallest absolute Gasteiger partial charge is 0.311 e. The largest absolute Gasteiger partial charge is 0.469 e. The van der Waals surface area contributed by atoms with E-state index in [2.05, 4.69) is 0 Å². The van der Waals surface area contributed by atoms with Crippen molar-refractivity contribution < 1.29 is 38.4 Å². The molecule has 0 aliphatic heterocycles. The van der Waals surface area contributed by atoms with Crippen molar-refractivity contribution in [3.05, 3.63) is 0 Å². The zero-order chi connectivity index (χ0) is 22.0. The van der Waals surface area contributed by atoms with Crippen LogP contribution in [0.2, 0.25) is 0 Å². The molecule has 28 heavy (non-hydrogen) atoms. The van der Waals surface area contributed by atoms with Gasteiger partial charge in [-0.3, -0.25) is 14.4 Å². The Bertz CT molecular complexity index is 530. The van der Waals surface area contributed by atoms with Crippen LogP contribution in [0.1, 0.15) is 53.9 Å². The molecule has 0 aliphatic rings. The first-order valence-corrected chi connectivity index (χ1v) is 9.45. The summed E-state index contributed by atoms with van der Waals surface area (Å²) in [7, 11) is 2.81. The minimum Gasteiger partial charge on any atom is -0.469 e. The first kappa shape index (κ1) is 26.3. The molecule has 0 fully saturated rings. The van der Waals surface area contributed by atoms with Crippen LogP contribution in [0.3, 0.4) is 0 Å². The average molecular weight is 405 g/mol. The van der Waals surface area contributed by atoms with Gasteiger partial charge in [0.05, 0.1) is 36.6 Å². The number of hydrogen-bond acceptors (Lipinski definition) is 8. The monoisotopic (exact) mass is 404 g/mol. The average Bonchev–Trinajstić information content (AvgIpc) is 2.64. The minimum absolute atomic E-state index is 0.0999. The number of ether oxygens (including phenoxy) is 4. The Morgan fingerprint density at radius 3 is 1.82 bits per heavy atom. The highest BCUT2D eigenvalue weighted by Gasteiger charge is 2.49. The zero-order valence-corrected chi connectivity index (χ0v) is 18.3. The highest BCUT2D eigenvalue weighted by atomic mass is 16.6. The van der Waals surface area contributed by atoms with E-state index in [1.165, 1.54) is 14.2 Å². The Labute approximate surface area is 167 Å². The molecule has 0 radical (unpaired) electrons. The Kier molecular flexibility index (Phi) is 10.7. The molecule has 2 atom stereocenters. The molecule has 0 aliphatic carbocycles. The van der Waals surface area contributed by atoms with E-state index in [0.29, 0.717) is 6.42 Å². The predicted molar refractivity (Wildman–Crippen MR) is 102 cm³/mol. The van der Waals surface area contributed by atoms with E-state index in [4.69, 9.17) is 24.1 Å². The third-order valence-electron chi connectivity index (χ3n) is 4.96. The molecule has 1 N–H and O–H groups in total. The minimum atomic E-state index is -1.17. The molecule has 0 saturated carbocycles. The van der Waals surface area contributed by atoms with Crippen LogP contribution in [-0.2, 0) is 33.3 Å². The molecule has 0 aromatic rings. The van der Waals surface area contributed by atoms with Gasteiger partial charge in [0.15, 0.2) is 0 Å². The van der Waals surface area contributed by atoms with Crippen molar-refractivity contribution in [2.75, 3.05) is 40.6 Å². The molecule has 0 aromatic carbocycles. The number of rotatable bonds is 13. The van der Waals surface area contributed by atoms with Gasteiger partial charge in [0.25, 0.3) is 0 Å². The van der Waals surface area contributed by atoms with E-state index in [9.17, 15) is 14.4 Å². The number of esters is 3. The summed E-state index contributed by atoms with van der Waals surface area (Å²) in [5.41, 5.74) is -3.11. The van der Waals surface area contributed by atoms with Crippen LogP contribution in [-0.4, -0.2) is 63.7 Å². The van der Waals surface area contributed by atoms with Crippen molar-refractivity contribution in [2.24, 2.45) is 16.2 Å². The molecule has 0 bridgehead atoms. The van der Waals surface area contributed by atoms with Gasteiger partial charge >= 0.3 is 17.9 Å². The van der Waals surface area contributed by atoms with E-state index < -0.39 is 34.2 Å². The van der Waals surface area contributed by atoms with Gasteiger partial charge in [-0.15, -0.1) is 0 Å². The number of methoxy groups -OCH3 is 2. The van der Waals surface area contributed by atoms with E-state index in [0.717, 1.165) is 0 Å². The van der Waals surface area contributed by atoms with Crippen molar-refractivity contribution in [1.29, 1.82) is 0 Å². The van der Waals surface area contributed by atoms with Crippen LogP contribution in [0, 0.1) is 16.2 Å². The molecule has 0 saturated heterocycles. The first-order chi connectivity index (χ1) is 12.9. The lowest BCUT2D eigenvalue weighted by Crippen LogP contribution is -2.44. The van der Waals surface area contributed by atoms with Gasteiger partial charge in [0, 0.05) is 7.11 Å². The molecule has 0 heterocycles. The van der Waals surface area contributed by atoms with Gasteiger partial charge in [0.1, 0.15) is 13.2 Å². The summed E-state index contributed by atoms with van der Waals surface area (Å²) in [6.07, 6.45) is 0.673. The fraction of sp³-hybridized carbons (Fsp3) is 0.850. The number of carbonyl (C=O) groups is 3. The van der Waals surface area contributed by atoms with Crippen molar-refractivity contribution in [1.82, 2.24) is 0 Å². The van der Waals surface area contributed by atoms with Gasteiger partial charge in [-0.2, -0.15) is 0 Å². The normalized spacial score (nSPS) is 15.9. The molecule has 0 amide bonds. The lowest BCUT2D eigenvalue weighted by molar-refractivity contribution is -0.168. The van der Waals surface area contributed by atoms with Crippen molar-refractivity contribution >= 4 is 17.9 Å². The number of aliphatic hydroxyl groups excluding tert-OH is 1. The van der Waals surface area contributed by atoms with Crippen LogP contribution in [0.15, 0.2) is 0 Å². The summed E-state index contributed by atoms with van der Waals surface area (Å²) in [5.74, 6) is -1.48. The third kappa shape index (κ3) is 7.39. The topological polar surface area (TPSA) is 108 Å². The second-order valence-corrected chi connectivity index (χ2v) is 8.19. The molecule has 0 rings (SSSR count). The van der Waals surface area contributed by atoms with Crippen molar-refractivity contribution in [2.45, 2.75) is 53.9 Å². The van der Waals surface area contributed by atoms with Crippen LogP contribution in [0.4, 0.5) is 0 Å². The quantitative estimate of drug-likeness (QED) is 0.282. The first-order valence-electron chi connectivity index (χ1n) is 9.45. The summed E-state index contributed by atoms with van der Waals surface area (Å²) in [5, 5.41) is 8.99. The Balaban J connectivity index is 5.70. The Morgan fingerprint density at radius 2 is 1.36 bits per heavy atom. The fourth-order valence-corrected chi connectivity index (χ4v) is 3.43. The summed E-state index contributed by atoms with van der Waals surface area (Å²) >= 11 is 0. The number of carbonyl (C=O) groups excluding carboxylic acids is 3. The number of aliphatic hydroxyl groups is 1. The highest BCUT2D eigenvalue weighted by molar-refractivity contribution is 5.82. The maximum absolute atomic E-state index is 12.8. The van der Waals surface area contributed by atoms with Gasteiger partial charge in [-0.25, -0.2) is 0 Å². The van der Waals surface area contributed by atoms with Gasteiger partial charge in [-0.05, 0) is 47.0 Å². The summed E-state index contributed by atoms with van der Waals surface area (Å²) in [6.45, 7) is 8.49. The predicted octanol–water partition coefficient (Wildman–Crippen LogP) is 2.11. The molecule has 8 nitrogen and oxygen atoms in total.